The van der Waals surface area contributed by atoms with Gasteiger partial charge in [0.2, 0.25) is 0 Å². The Morgan fingerprint density at radius 1 is 0.842 bits per heavy atom. The molecule has 5 rings (SSSR count). The molecule has 2 aliphatic carbocycles. The highest BCUT2D eigenvalue weighted by Gasteiger charge is 2.48. The molecule has 0 radical (unpaired) electrons. The van der Waals surface area contributed by atoms with Crippen LogP contribution in [-0.4, -0.2) is 23.0 Å². The molecular formula is C32H35Br2NO3. The van der Waals surface area contributed by atoms with E-state index in [1.165, 1.54) is 0 Å². The second kappa shape index (κ2) is 10.1. The molecule has 0 N–H and O–H groups in total. The summed E-state index contributed by atoms with van der Waals surface area (Å²) in [5.41, 5.74) is 5.58. The van der Waals surface area contributed by atoms with Gasteiger partial charge in [-0.15, -0.1) is 0 Å². The number of benzene rings is 2. The standard InChI is InChI=1S/C32H35Br2NO3/c1-6-35-23-14-31(2,3)16-25(36)28(23)27(29-24(35)15-32(4,5)17-26(29)37)20-12-21(33)30(22(34)13-20)38-18-19-10-8-7-9-11-19/h7-13,27H,6,14-18H2,1-5H3. The predicted octanol–water partition coefficient (Wildman–Crippen LogP) is 8.50. The van der Waals surface area contributed by atoms with E-state index in [9.17, 15) is 9.59 Å². The number of halogens is 2. The summed E-state index contributed by atoms with van der Waals surface area (Å²) in [6.07, 6.45) is 2.63. The summed E-state index contributed by atoms with van der Waals surface area (Å²) < 4.78 is 7.78. The first-order valence-corrected chi connectivity index (χ1v) is 14.9. The molecule has 0 saturated carbocycles. The minimum atomic E-state index is -0.370. The van der Waals surface area contributed by atoms with Gasteiger partial charge in [0.1, 0.15) is 12.4 Å². The molecule has 6 heteroatoms. The van der Waals surface area contributed by atoms with Crippen LogP contribution in [0.15, 0.2) is 74.0 Å². The maximum atomic E-state index is 13.8. The molecule has 0 amide bonds. The van der Waals surface area contributed by atoms with Crippen molar-refractivity contribution in [3.05, 3.63) is 85.1 Å². The Labute approximate surface area is 242 Å². The van der Waals surface area contributed by atoms with Crippen molar-refractivity contribution in [1.82, 2.24) is 4.90 Å². The summed E-state index contributed by atoms with van der Waals surface area (Å²) >= 11 is 7.48. The molecular weight excluding hydrogens is 606 g/mol. The van der Waals surface area contributed by atoms with Crippen molar-refractivity contribution in [3.63, 3.8) is 0 Å². The van der Waals surface area contributed by atoms with Gasteiger partial charge in [-0.05, 0) is 85.7 Å². The SMILES string of the molecule is CCN1C2=C(C(=O)CC(C)(C)C2)C(c2cc(Br)c(OCc3ccccc3)c(Br)c2)C2=C1CC(C)(C)CC2=O. The van der Waals surface area contributed by atoms with Crippen LogP contribution in [-0.2, 0) is 16.2 Å². The Hall–Kier alpha value is -2.18. The molecule has 1 aliphatic heterocycles. The summed E-state index contributed by atoms with van der Waals surface area (Å²) in [4.78, 5) is 29.9. The van der Waals surface area contributed by atoms with Crippen LogP contribution in [0.3, 0.4) is 0 Å². The lowest BCUT2D eigenvalue weighted by Gasteiger charge is -2.49. The average Bonchev–Trinajstić information content (AvgIpc) is 2.81. The van der Waals surface area contributed by atoms with Gasteiger partial charge in [0.05, 0.1) is 8.95 Å². The van der Waals surface area contributed by atoms with E-state index >= 15 is 0 Å². The van der Waals surface area contributed by atoms with Crippen LogP contribution in [0.25, 0.3) is 0 Å². The number of hydrogen-bond donors (Lipinski definition) is 0. The van der Waals surface area contributed by atoms with Gasteiger partial charge in [0.15, 0.2) is 11.6 Å². The van der Waals surface area contributed by atoms with Gasteiger partial charge in [0.25, 0.3) is 0 Å². The molecule has 0 bridgehead atoms. The minimum absolute atomic E-state index is 0.115. The van der Waals surface area contributed by atoms with Crippen molar-refractivity contribution in [3.8, 4) is 5.75 Å². The minimum Gasteiger partial charge on any atom is -0.487 e. The van der Waals surface area contributed by atoms with Crippen molar-refractivity contribution >= 4 is 43.4 Å². The third-order valence-corrected chi connectivity index (χ3v) is 9.10. The molecule has 0 unspecified atom stereocenters. The van der Waals surface area contributed by atoms with Gasteiger partial charge in [-0.2, -0.15) is 0 Å². The van der Waals surface area contributed by atoms with E-state index in [0.29, 0.717) is 25.2 Å². The van der Waals surface area contributed by atoms with E-state index in [1.54, 1.807) is 0 Å². The van der Waals surface area contributed by atoms with Crippen molar-refractivity contribution in [2.24, 2.45) is 10.8 Å². The van der Waals surface area contributed by atoms with E-state index in [0.717, 1.165) is 62.0 Å². The van der Waals surface area contributed by atoms with Crippen LogP contribution >= 0.6 is 31.9 Å². The first-order valence-electron chi connectivity index (χ1n) is 13.4. The smallest absolute Gasteiger partial charge is 0.162 e. The lowest BCUT2D eigenvalue weighted by atomic mass is 9.63. The van der Waals surface area contributed by atoms with E-state index in [2.05, 4.69) is 71.4 Å². The molecule has 0 aromatic heterocycles. The topological polar surface area (TPSA) is 46.6 Å². The zero-order valence-electron chi connectivity index (χ0n) is 22.8. The second-order valence-electron chi connectivity index (χ2n) is 12.4. The number of Topliss-reactive ketones (excluding diaryl/α,β-unsaturated/α-hetero) is 2. The summed E-state index contributed by atoms with van der Waals surface area (Å²) in [6, 6.07) is 14.1. The normalized spacial score (nSPS) is 21.0. The third kappa shape index (κ3) is 5.06. The fraction of sp³-hybridized carbons (Fsp3) is 0.438. The molecule has 2 aromatic carbocycles. The number of rotatable bonds is 5. The fourth-order valence-corrected chi connectivity index (χ4v) is 7.83. The Balaban J connectivity index is 1.64. The van der Waals surface area contributed by atoms with Gasteiger partial charge < -0.3 is 9.64 Å². The zero-order chi connectivity index (χ0) is 27.4. The maximum Gasteiger partial charge on any atom is 0.162 e. The Bertz CT molecular complexity index is 1290. The summed E-state index contributed by atoms with van der Waals surface area (Å²) in [5.74, 6) is 0.644. The predicted molar refractivity (Wildman–Crippen MR) is 158 cm³/mol. The highest BCUT2D eigenvalue weighted by Crippen LogP contribution is 2.55. The molecule has 0 atom stereocenters. The van der Waals surface area contributed by atoms with E-state index in [4.69, 9.17) is 4.74 Å². The number of ether oxygens (including phenoxy) is 1. The average molecular weight is 641 g/mol. The first-order chi connectivity index (χ1) is 17.9. The molecule has 2 aromatic rings. The highest BCUT2D eigenvalue weighted by molar-refractivity contribution is 9.11. The van der Waals surface area contributed by atoms with Crippen molar-refractivity contribution in [1.29, 1.82) is 0 Å². The van der Waals surface area contributed by atoms with Gasteiger partial charge in [-0.25, -0.2) is 0 Å². The second-order valence-corrected chi connectivity index (χ2v) is 14.1. The Morgan fingerprint density at radius 3 is 1.82 bits per heavy atom. The largest absolute Gasteiger partial charge is 0.487 e. The van der Waals surface area contributed by atoms with Gasteiger partial charge in [-0.3, -0.25) is 9.59 Å². The quantitative estimate of drug-likeness (QED) is 0.329. The summed E-state index contributed by atoms with van der Waals surface area (Å²) in [6.45, 7) is 12.0. The molecule has 0 spiro atoms. The van der Waals surface area contributed by atoms with Crippen molar-refractivity contribution < 1.29 is 14.3 Å². The number of ketones is 2. The lowest BCUT2D eigenvalue weighted by molar-refractivity contribution is -0.119. The molecule has 3 aliphatic rings. The number of carbonyl (C=O) groups excluding carboxylic acids is 2. The highest BCUT2D eigenvalue weighted by atomic mass is 79.9. The van der Waals surface area contributed by atoms with E-state index in [-0.39, 0.29) is 28.3 Å². The van der Waals surface area contributed by atoms with Gasteiger partial charge in [-0.1, -0.05) is 58.0 Å². The lowest BCUT2D eigenvalue weighted by Crippen LogP contribution is -2.44. The summed E-state index contributed by atoms with van der Waals surface area (Å²) in [5, 5.41) is 0. The van der Waals surface area contributed by atoms with Crippen molar-refractivity contribution in [2.45, 2.75) is 72.8 Å². The van der Waals surface area contributed by atoms with Crippen LogP contribution in [0.5, 0.6) is 5.75 Å². The molecule has 38 heavy (non-hydrogen) atoms. The van der Waals surface area contributed by atoms with Crippen LogP contribution in [0.2, 0.25) is 0 Å². The molecule has 0 saturated heterocycles. The van der Waals surface area contributed by atoms with E-state index < -0.39 is 0 Å². The fourth-order valence-electron chi connectivity index (χ4n) is 6.38. The Kier molecular flexibility index (Phi) is 7.27. The maximum absolute atomic E-state index is 13.8. The van der Waals surface area contributed by atoms with Crippen molar-refractivity contribution in [2.75, 3.05) is 6.54 Å². The number of nitrogens with zero attached hydrogens (tertiary/aromatic N) is 1. The molecule has 200 valence electrons. The van der Waals surface area contributed by atoms with Crippen LogP contribution in [0.1, 0.15) is 77.3 Å². The molecule has 0 fully saturated rings. The zero-order valence-corrected chi connectivity index (χ0v) is 26.0. The number of hydrogen-bond acceptors (Lipinski definition) is 4. The molecule has 1 heterocycles. The molecule has 4 nitrogen and oxygen atoms in total. The van der Waals surface area contributed by atoms with Crippen LogP contribution in [0.4, 0.5) is 0 Å². The van der Waals surface area contributed by atoms with Crippen LogP contribution in [0, 0.1) is 10.8 Å². The van der Waals surface area contributed by atoms with Gasteiger partial charge in [0, 0.05) is 47.8 Å². The third-order valence-electron chi connectivity index (χ3n) is 7.92. The van der Waals surface area contributed by atoms with Gasteiger partial charge >= 0.3 is 0 Å². The van der Waals surface area contributed by atoms with Crippen LogP contribution < -0.4 is 4.74 Å². The Morgan fingerprint density at radius 2 is 1.34 bits per heavy atom. The number of carbonyl (C=O) groups is 2. The summed E-state index contributed by atoms with van der Waals surface area (Å²) in [7, 11) is 0. The number of allylic oxidation sites excluding steroid dienone is 4. The monoisotopic (exact) mass is 639 g/mol. The first kappa shape index (κ1) is 27.4. The van der Waals surface area contributed by atoms with E-state index in [1.807, 2.05) is 42.5 Å².